The third kappa shape index (κ3) is 4.18. The molecule has 0 aliphatic heterocycles. The maximum Gasteiger partial charge on any atom is 0.162 e. The van der Waals surface area contributed by atoms with Crippen molar-refractivity contribution < 1.29 is 5.11 Å². The summed E-state index contributed by atoms with van der Waals surface area (Å²) in [7, 11) is 0. The van der Waals surface area contributed by atoms with Crippen molar-refractivity contribution in [1.82, 2.24) is 4.37 Å². The zero-order chi connectivity index (χ0) is 15.5. The molecule has 0 atom stereocenters. The number of nitriles is 1. The zero-order valence-electron chi connectivity index (χ0n) is 11.9. The first-order valence-electron chi connectivity index (χ1n) is 6.47. The van der Waals surface area contributed by atoms with Crippen LogP contribution in [0.15, 0.2) is 30.3 Å². The van der Waals surface area contributed by atoms with Gasteiger partial charge in [0.2, 0.25) is 0 Å². The minimum Gasteiger partial charge on any atom is -0.389 e. The van der Waals surface area contributed by atoms with Gasteiger partial charge in [0, 0.05) is 13.1 Å². The number of hydrogen-bond acceptors (Lipinski definition) is 5. The van der Waals surface area contributed by atoms with E-state index < -0.39 is 5.60 Å². The number of aliphatic hydroxyl groups is 1. The van der Waals surface area contributed by atoms with E-state index in [0.29, 0.717) is 23.7 Å². The minimum atomic E-state index is -0.891. The van der Waals surface area contributed by atoms with Gasteiger partial charge in [-0.2, -0.15) is 9.64 Å². The quantitative estimate of drug-likeness (QED) is 0.916. The Hall–Kier alpha value is -1.61. The molecule has 1 aromatic heterocycles. The highest BCUT2D eigenvalue weighted by molar-refractivity contribution is 7.10. The van der Waals surface area contributed by atoms with Gasteiger partial charge in [0.15, 0.2) is 5.15 Å². The Kier molecular flexibility index (Phi) is 4.84. The monoisotopic (exact) mass is 321 g/mol. The Labute approximate surface area is 133 Å². The van der Waals surface area contributed by atoms with Gasteiger partial charge >= 0.3 is 0 Å². The maximum atomic E-state index is 10.1. The second kappa shape index (κ2) is 6.44. The molecule has 0 spiro atoms. The van der Waals surface area contributed by atoms with E-state index in [9.17, 15) is 10.4 Å². The van der Waals surface area contributed by atoms with E-state index >= 15 is 0 Å². The van der Waals surface area contributed by atoms with Gasteiger partial charge in [0.1, 0.15) is 16.6 Å². The standard InChI is InChI=1S/C15H16ClN3OS/c1-15(2,20)10-19(9-11-6-4-3-5-7-11)14-12(8-17)13(16)18-21-14/h3-7,20H,9-10H2,1-2H3. The molecule has 0 amide bonds. The van der Waals surface area contributed by atoms with Crippen molar-refractivity contribution in [1.29, 1.82) is 5.26 Å². The molecule has 1 N–H and O–H groups in total. The lowest BCUT2D eigenvalue weighted by Crippen LogP contribution is -2.38. The van der Waals surface area contributed by atoms with E-state index in [-0.39, 0.29) is 5.15 Å². The third-order valence-electron chi connectivity index (χ3n) is 2.83. The first-order chi connectivity index (χ1) is 9.90. The molecule has 0 aliphatic carbocycles. The Balaban J connectivity index is 2.34. The lowest BCUT2D eigenvalue weighted by Gasteiger charge is -2.29. The molecule has 0 fully saturated rings. The van der Waals surface area contributed by atoms with Crippen LogP contribution in [0.1, 0.15) is 25.0 Å². The van der Waals surface area contributed by atoms with Crippen molar-refractivity contribution in [3.63, 3.8) is 0 Å². The van der Waals surface area contributed by atoms with Crippen LogP contribution in [0.5, 0.6) is 0 Å². The van der Waals surface area contributed by atoms with E-state index in [4.69, 9.17) is 11.6 Å². The largest absolute Gasteiger partial charge is 0.389 e. The topological polar surface area (TPSA) is 60.1 Å². The molecule has 6 heteroatoms. The average molecular weight is 322 g/mol. The molecule has 0 aliphatic rings. The number of halogens is 1. The number of nitrogens with zero attached hydrogens (tertiary/aromatic N) is 3. The molecule has 1 heterocycles. The zero-order valence-corrected chi connectivity index (χ0v) is 13.4. The van der Waals surface area contributed by atoms with Crippen molar-refractivity contribution in [3.8, 4) is 6.07 Å². The van der Waals surface area contributed by atoms with Crippen LogP contribution in [0.2, 0.25) is 5.15 Å². The van der Waals surface area contributed by atoms with Crippen LogP contribution in [-0.2, 0) is 6.54 Å². The molecule has 0 unspecified atom stereocenters. The van der Waals surface area contributed by atoms with E-state index in [1.807, 2.05) is 35.2 Å². The number of anilines is 1. The number of hydrogen-bond donors (Lipinski definition) is 1. The van der Waals surface area contributed by atoms with Gasteiger partial charge in [0.05, 0.1) is 5.60 Å². The molecule has 0 saturated heterocycles. The highest BCUT2D eigenvalue weighted by Crippen LogP contribution is 2.33. The first-order valence-corrected chi connectivity index (χ1v) is 7.62. The Morgan fingerprint density at radius 2 is 2.05 bits per heavy atom. The summed E-state index contributed by atoms with van der Waals surface area (Å²) in [5.74, 6) is 0. The van der Waals surface area contributed by atoms with Gasteiger partial charge < -0.3 is 10.0 Å². The summed E-state index contributed by atoms with van der Waals surface area (Å²) in [5.41, 5.74) is 0.565. The number of aromatic nitrogens is 1. The molecule has 0 radical (unpaired) electrons. The molecule has 1 aromatic carbocycles. The molecule has 110 valence electrons. The molecule has 0 saturated carbocycles. The fourth-order valence-corrected chi connectivity index (χ4v) is 3.07. The van der Waals surface area contributed by atoms with Crippen LogP contribution in [-0.4, -0.2) is 21.6 Å². The highest BCUT2D eigenvalue weighted by Gasteiger charge is 2.24. The van der Waals surface area contributed by atoms with Crippen molar-refractivity contribution in [2.24, 2.45) is 0 Å². The van der Waals surface area contributed by atoms with Gasteiger partial charge in [-0.1, -0.05) is 41.9 Å². The molecule has 21 heavy (non-hydrogen) atoms. The van der Waals surface area contributed by atoms with Crippen molar-refractivity contribution in [2.75, 3.05) is 11.4 Å². The summed E-state index contributed by atoms with van der Waals surface area (Å²) >= 11 is 7.13. The molecule has 4 nitrogen and oxygen atoms in total. The van der Waals surface area contributed by atoms with Crippen molar-refractivity contribution in [2.45, 2.75) is 26.0 Å². The highest BCUT2D eigenvalue weighted by atomic mass is 35.5. The Morgan fingerprint density at radius 3 is 2.62 bits per heavy atom. The minimum absolute atomic E-state index is 0.214. The van der Waals surface area contributed by atoms with E-state index in [1.165, 1.54) is 11.5 Å². The molecule has 2 rings (SSSR count). The van der Waals surface area contributed by atoms with Gasteiger partial charge in [-0.3, -0.25) is 0 Å². The Bertz CT molecular complexity index is 643. The summed E-state index contributed by atoms with van der Waals surface area (Å²) < 4.78 is 4.04. The van der Waals surface area contributed by atoms with Gasteiger partial charge in [-0.25, -0.2) is 0 Å². The van der Waals surface area contributed by atoms with Crippen LogP contribution in [0.3, 0.4) is 0 Å². The summed E-state index contributed by atoms with van der Waals surface area (Å²) in [6, 6.07) is 12.0. The van der Waals surface area contributed by atoms with Crippen LogP contribution in [0.4, 0.5) is 5.00 Å². The van der Waals surface area contributed by atoms with Crippen molar-refractivity contribution >= 4 is 28.1 Å². The lowest BCUT2D eigenvalue weighted by molar-refractivity contribution is 0.0871. The smallest absolute Gasteiger partial charge is 0.162 e. The van der Waals surface area contributed by atoms with E-state index in [1.54, 1.807) is 13.8 Å². The fourth-order valence-electron chi connectivity index (χ4n) is 2.04. The summed E-state index contributed by atoms with van der Waals surface area (Å²) in [5, 5.41) is 20.3. The van der Waals surface area contributed by atoms with Crippen LogP contribution >= 0.6 is 23.1 Å². The summed E-state index contributed by atoms with van der Waals surface area (Å²) in [6.07, 6.45) is 0. The third-order valence-corrected chi connectivity index (χ3v) is 4.11. The van der Waals surface area contributed by atoms with Crippen molar-refractivity contribution in [3.05, 3.63) is 46.6 Å². The molecular formula is C15H16ClN3OS. The second-order valence-electron chi connectivity index (χ2n) is 5.42. The molecule has 2 aromatic rings. The van der Waals surface area contributed by atoms with Crippen LogP contribution in [0, 0.1) is 11.3 Å². The van der Waals surface area contributed by atoms with E-state index in [0.717, 1.165) is 5.56 Å². The summed E-state index contributed by atoms with van der Waals surface area (Å²) in [4.78, 5) is 1.94. The predicted molar refractivity (Wildman–Crippen MR) is 85.6 cm³/mol. The number of benzene rings is 1. The van der Waals surface area contributed by atoms with Gasteiger partial charge in [-0.05, 0) is 30.9 Å². The number of rotatable bonds is 5. The molecule has 0 bridgehead atoms. The fraction of sp³-hybridized carbons (Fsp3) is 0.333. The van der Waals surface area contributed by atoms with Gasteiger partial charge in [0.25, 0.3) is 0 Å². The Morgan fingerprint density at radius 1 is 1.38 bits per heavy atom. The summed E-state index contributed by atoms with van der Waals surface area (Å²) in [6.45, 7) is 4.44. The second-order valence-corrected chi connectivity index (χ2v) is 6.53. The van der Waals surface area contributed by atoms with Gasteiger partial charge in [-0.15, -0.1) is 0 Å². The predicted octanol–water partition coefficient (Wildman–Crippen LogP) is 3.45. The first kappa shape index (κ1) is 15.8. The SMILES string of the molecule is CC(C)(O)CN(Cc1ccccc1)c1snc(Cl)c1C#N. The maximum absolute atomic E-state index is 10.1. The average Bonchev–Trinajstić information content (AvgIpc) is 2.78. The van der Waals surface area contributed by atoms with Crippen LogP contribution in [0.25, 0.3) is 0 Å². The van der Waals surface area contributed by atoms with E-state index in [2.05, 4.69) is 10.4 Å². The molecular weight excluding hydrogens is 306 g/mol. The lowest BCUT2D eigenvalue weighted by atomic mass is 10.1. The normalized spacial score (nSPS) is 11.2. The van der Waals surface area contributed by atoms with Crippen LogP contribution < -0.4 is 4.90 Å².